The molecule has 220 valence electrons. The third-order valence-electron chi connectivity index (χ3n) is 6.88. The van der Waals surface area contributed by atoms with E-state index in [9.17, 15) is 18.0 Å². The van der Waals surface area contributed by atoms with Gasteiger partial charge in [-0.25, -0.2) is 8.42 Å². The number of hydrogen-bond acceptors (Lipinski definition) is 5. The lowest BCUT2D eigenvalue weighted by atomic mass is 10.1. The van der Waals surface area contributed by atoms with Crippen LogP contribution in [0.2, 0.25) is 5.02 Å². The molecule has 0 unspecified atom stereocenters. The van der Waals surface area contributed by atoms with Gasteiger partial charge in [0, 0.05) is 17.6 Å². The van der Waals surface area contributed by atoms with Crippen molar-refractivity contribution < 1.29 is 22.7 Å². The van der Waals surface area contributed by atoms with E-state index in [1.54, 1.807) is 49.6 Å². The fraction of sp³-hybridized carbons (Fsp3) is 0.355. The number of nitrogens with one attached hydrogen (secondary N) is 1. The lowest BCUT2D eigenvalue weighted by Gasteiger charge is -2.33. The summed E-state index contributed by atoms with van der Waals surface area (Å²) in [5, 5.41) is 3.37. The quantitative estimate of drug-likeness (QED) is 0.277. The fourth-order valence-electron chi connectivity index (χ4n) is 4.30. The maximum absolute atomic E-state index is 14.1. The molecule has 0 aliphatic heterocycles. The molecule has 0 aliphatic carbocycles. The van der Waals surface area contributed by atoms with Crippen LogP contribution in [0.15, 0.2) is 77.7 Å². The molecule has 3 aromatic rings. The van der Waals surface area contributed by atoms with Gasteiger partial charge in [-0.2, -0.15) is 0 Å². The highest BCUT2D eigenvalue weighted by Gasteiger charge is 2.34. The van der Waals surface area contributed by atoms with Crippen LogP contribution < -0.4 is 14.4 Å². The highest BCUT2D eigenvalue weighted by molar-refractivity contribution is 7.92. The monoisotopic (exact) mass is 599 g/mol. The molecule has 0 saturated carbocycles. The average molecular weight is 600 g/mol. The van der Waals surface area contributed by atoms with E-state index in [0.717, 1.165) is 21.9 Å². The van der Waals surface area contributed by atoms with Gasteiger partial charge < -0.3 is 15.0 Å². The van der Waals surface area contributed by atoms with Gasteiger partial charge in [-0.05, 0) is 80.8 Å². The van der Waals surface area contributed by atoms with Crippen molar-refractivity contribution in [3.8, 4) is 5.75 Å². The lowest BCUT2D eigenvalue weighted by molar-refractivity contribution is -0.140. The summed E-state index contributed by atoms with van der Waals surface area (Å²) < 4.78 is 34.2. The molecule has 0 bridgehead atoms. The van der Waals surface area contributed by atoms with Gasteiger partial charge in [0.05, 0.1) is 17.7 Å². The summed E-state index contributed by atoms with van der Waals surface area (Å²) in [5.41, 5.74) is 2.02. The minimum absolute atomic E-state index is 0.00354. The van der Waals surface area contributed by atoms with Crippen LogP contribution in [0.4, 0.5) is 5.69 Å². The Hall–Kier alpha value is -3.56. The summed E-state index contributed by atoms with van der Waals surface area (Å²) >= 11 is 6.01. The number of ether oxygens (including phenoxy) is 1. The number of anilines is 1. The Bertz CT molecular complexity index is 1430. The van der Waals surface area contributed by atoms with Crippen molar-refractivity contribution in [3.63, 3.8) is 0 Å². The van der Waals surface area contributed by atoms with Crippen LogP contribution in [-0.2, 0) is 26.2 Å². The van der Waals surface area contributed by atoms with Gasteiger partial charge >= 0.3 is 0 Å². The molecular formula is C31H38ClN3O5S. The SMILES string of the molecule is CC[C@@H](C)NC(=O)[C@@H](CC)N(Cc1cccc(OC)c1)C(=O)CN(c1ccc(C)cc1)S(=O)(=O)c1ccc(Cl)cc1. The van der Waals surface area contributed by atoms with E-state index in [-0.39, 0.29) is 23.4 Å². The number of methoxy groups -OCH3 is 1. The Labute approximate surface area is 248 Å². The Morgan fingerprint density at radius 1 is 0.976 bits per heavy atom. The predicted octanol–water partition coefficient (Wildman–Crippen LogP) is 5.57. The summed E-state index contributed by atoms with van der Waals surface area (Å²) in [6.07, 6.45) is 1.07. The first-order chi connectivity index (χ1) is 19.5. The zero-order valence-electron chi connectivity index (χ0n) is 24.1. The lowest BCUT2D eigenvalue weighted by Crippen LogP contribution is -2.53. The number of nitrogens with zero attached hydrogens (tertiary/aromatic N) is 2. The third kappa shape index (κ3) is 8.24. The standard InChI is InChI=1S/C31H38ClN3O5S/c1-6-23(4)33-31(37)29(7-2)34(20-24-9-8-10-27(19-24)40-5)30(36)21-35(26-15-11-22(3)12-16-26)41(38,39)28-17-13-25(32)14-18-28/h8-19,23,29H,6-7,20-21H2,1-5H3,(H,33,37)/t23-,29-/m1/s1. The van der Waals surface area contributed by atoms with E-state index in [4.69, 9.17) is 16.3 Å². The largest absolute Gasteiger partial charge is 0.497 e. The van der Waals surface area contributed by atoms with Gasteiger partial charge in [0.25, 0.3) is 10.0 Å². The molecule has 1 N–H and O–H groups in total. The molecule has 3 aromatic carbocycles. The first kappa shape index (κ1) is 32.0. The van der Waals surface area contributed by atoms with Crippen LogP contribution >= 0.6 is 11.6 Å². The number of amides is 2. The highest BCUT2D eigenvalue weighted by Crippen LogP contribution is 2.26. The van der Waals surface area contributed by atoms with Crippen molar-refractivity contribution in [2.45, 2.75) is 64.1 Å². The molecule has 0 spiro atoms. The van der Waals surface area contributed by atoms with Crippen molar-refractivity contribution in [2.24, 2.45) is 0 Å². The molecule has 2 amide bonds. The maximum atomic E-state index is 14.1. The van der Waals surface area contributed by atoms with Crippen molar-refractivity contribution in [1.82, 2.24) is 10.2 Å². The Kier molecular flexibility index (Phi) is 11.2. The van der Waals surface area contributed by atoms with Crippen molar-refractivity contribution in [3.05, 3.63) is 88.9 Å². The van der Waals surface area contributed by atoms with E-state index in [1.807, 2.05) is 33.8 Å². The predicted molar refractivity (Wildman–Crippen MR) is 163 cm³/mol. The zero-order valence-corrected chi connectivity index (χ0v) is 25.7. The topological polar surface area (TPSA) is 96.0 Å². The van der Waals surface area contributed by atoms with Crippen LogP contribution in [0.1, 0.15) is 44.7 Å². The number of carbonyl (C=O) groups is 2. The number of halogens is 1. The summed E-state index contributed by atoms with van der Waals surface area (Å²) in [6, 6.07) is 19.0. The number of rotatable bonds is 13. The van der Waals surface area contributed by atoms with Crippen LogP contribution in [0, 0.1) is 6.92 Å². The number of hydrogen-bond donors (Lipinski definition) is 1. The number of benzene rings is 3. The van der Waals surface area contributed by atoms with Gasteiger partial charge in [-0.1, -0.05) is 55.3 Å². The van der Waals surface area contributed by atoms with E-state index in [2.05, 4.69) is 5.32 Å². The van der Waals surface area contributed by atoms with Crippen molar-refractivity contribution >= 4 is 39.1 Å². The minimum Gasteiger partial charge on any atom is -0.497 e. The first-order valence-corrected chi connectivity index (χ1v) is 15.4. The van der Waals surface area contributed by atoms with Gasteiger partial charge in [0.15, 0.2) is 0 Å². The van der Waals surface area contributed by atoms with Crippen LogP contribution in [0.25, 0.3) is 0 Å². The molecule has 0 aromatic heterocycles. The van der Waals surface area contributed by atoms with Crippen LogP contribution in [0.5, 0.6) is 5.75 Å². The second-order valence-corrected chi connectivity index (χ2v) is 12.2. The fourth-order valence-corrected chi connectivity index (χ4v) is 5.84. The Balaban J connectivity index is 2.06. The number of carbonyl (C=O) groups excluding carboxylic acids is 2. The minimum atomic E-state index is -4.16. The van der Waals surface area contributed by atoms with Crippen molar-refractivity contribution in [1.29, 1.82) is 0 Å². The van der Waals surface area contributed by atoms with E-state index in [0.29, 0.717) is 22.9 Å². The molecule has 0 radical (unpaired) electrons. The Morgan fingerprint density at radius 2 is 1.63 bits per heavy atom. The van der Waals surface area contributed by atoms with Gasteiger partial charge in [0.1, 0.15) is 18.3 Å². The van der Waals surface area contributed by atoms with Crippen LogP contribution in [0.3, 0.4) is 0 Å². The normalized spacial score (nSPS) is 12.7. The van der Waals surface area contributed by atoms with Gasteiger partial charge in [-0.3, -0.25) is 13.9 Å². The maximum Gasteiger partial charge on any atom is 0.264 e. The molecule has 0 saturated heterocycles. The second-order valence-electron chi connectivity index (χ2n) is 9.92. The molecule has 8 nitrogen and oxygen atoms in total. The van der Waals surface area contributed by atoms with Gasteiger partial charge in [0.2, 0.25) is 11.8 Å². The molecule has 0 aliphatic rings. The smallest absolute Gasteiger partial charge is 0.264 e. The Morgan fingerprint density at radius 3 is 2.22 bits per heavy atom. The first-order valence-electron chi connectivity index (χ1n) is 13.6. The van der Waals surface area contributed by atoms with Gasteiger partial charge in [-0.15, -0.1) is 0 Å². The zero-order chi connectivity index (χ0) is 30.2. The average Bonchev–Trinajstić information content (AvgIpc) is 2.96. The van der Waals surface area contributed by atoms with E-state index in [1.165, 1.54) is 29.2 Å². The van der Waals surface area contributed by atoms with Crippen LogP contribution in [-0.4, -0.2) is 50.9 Å². The summed E-state index contributed by atoms with van der Waals surface area (Å²) in [5.74, 6) is -0.198. The number of sulfonamides is 1. The molecular weight excluding hydrogens is 562 g/mol. The van der Waals surface area contributed by atoms with Crippen molar-refractivity contribution in [2.75, 3.05) is 18.0 Å². The molecule has 2 atom stereocenters. The van der Waals surface area contributed by atoms with E-state index >= 15 is 0 Å². The molecule has 10 heteroatoms. The van der Waals surface area contributed by atoms with E-state index < -0.39 is 28.5 Å². The molecule has 0 heterocycles. The molecule has 3 rings (SSSR count). The highest BCUT2D eigenvalue weighted by atomic mass is 35.5. The third-order valence-corrected chi connectivity index (χ3v) is 8.92. The molecule has 41 heavy (non-hydrogen) atoms. The number of aryl methyl sites for hydroxylation is 1. The summed E-state index contributed by atoms with van der Waals surface area (Å²) in [6.45, 7) is 7.17. The second kappa shape index (κ2) is 14.4. The summed E-state index contributed by atoms with van der Waals surface area (Å²) in [7, 11) is -2.61. The molecule has 0 fully saturated rings. The summed E-state index contributed by atoms with van der Waals surface area (Å²) in [4.78, 5) is 29.0.